The minimum absolute atomic E-state index is 0.0518. The van der Waals surface area contributed by atoms with Crippen LogP contribution < -0.4 is 5.32 Å². The second-order valence-electron chi connectivity index (χ2n) is 10.6. The summed E-state index contributed by atoms with van der Waals surface area (Å²) in [7, 11) is 0. The maximum absolute atomic E-state index is 12.5. The van der Waals surface area contributed by atoms with Crippen LogP contribution in [0.1, 0.15) is 70.9 Å². The van der Waals surface area contributed by atoms with E-state index in [0.29, 0.717) is 19.4 Å². The summed E-state index contributed by atoms with van der Waals surface area (Å²) in [5.41, 5.74) is 3.83. The topological polar surface area (TPSA) is 105 Å². The summed E-state index contributed by atoms with van der Waals surface area (Å²) in [6.07, 6.45) is 0.154. The van der Waals surface area contributed by atoms with Gasteiger partial charge in [0, 0.05) is 18.5 Å². The van der Waals surface area contributed by atoms with Gasteiger partial charge in [0.05, 0.1) is 0 Å². The lowest BCUT2D eigenvalue weighted by Crippen LogP contribution is -2.42. The van der Waals surface area contributed by atoms with Crippen LogP contribution in [0.5, 0.6) is 0 Å². The fourth-order valence-corrected chi connectivity index (χ4v) is 4.55. The molecule has 8 nitrogen and oxygen atoms in total. The van der Waals surface area contributed by atoms with Crippen molar-refractivity contribution in [2.45, 2.75) is 77.5 Å². The maximum Gasteiger partial charge on any atom is 0.410 e. The fourth-order valence-electron chi connectivity index (χ4n) is 4.55. The second-order valence-corrected chi connectivity index (χ2v) is 10.6. The van der Waals surface area contributed by atoms with Gasteiger partial charge in [-0.2, -0.15) is 0 Å². The Kier molecular flexibility index (Phi) is 9.18. The van der Waals surface area contributed by atoms with Crippen molar-refractivity contribution in [3.63, 3.8) is 0 Å². The summed E-state index contributed by atoms with van der Waals surface area (Å²) in [5, 5.41) is 12.1. The maximum atomic E-state index is 12.5. The number of hydrogen-bond acceptors (Lipinski definition) is 5. The van der Waals surface area contributed by atoms with Gasteiger partial charge in [0.15, 0.2) is 0 Å². The van der Waals surface area contributed by atoms with Crippen LogP contribution in [-0.4, -0.2) is 59.0 Å². The highest BCUT2D eigenvalue weighted by Crippen LogP contribution is 2.44. The molecule has 0 bridgehead atoms. The largest absolute Gasteiger partial charge is 0.480 e. The molecule has 3 rings (SSSR count). The number of carbonyl (C=O) groups excluding carboxylic acids is 2. The summed E-state index contributed by atoms with van der Waals surface area (Å²) in [4.78, 5) is 38.4. The fraction of sp³-hybridized carbons (Fsp3) is 0.483. The van der Waals surface area contributed by atoms with E-state index in [-0.39, 0.29) is 25.0 Å². The first-order valence-electron chi connectivity index (χ1n) is 12.8. The van der Waals surface area contributed by atoms with Gasteiger partial charge in [-0.1, -0.05) is 48.5 Å². The molecule has 8 heteroatoms. The highest BCUT2D eigenvalue weighted by atomic mass is 16.6. The standard InChI is InChI=1S/C29H38N2O6/c1-19(2)31(28(35)37-29(3,4)5)17-11-10-16-25(26(32)33)30-27(34)36-18-24-22-14-8-6-12-20(22)21-13-7-9-15-23(21)24/h6-9,12-15,19,24-25H,10-11,16-18H2,1-5H3,(H,30,34)(H,32,33). The normalized spacial score (nSPS) is 13.5. The lowest BCUT2D eigenvalue weighted by Gasteiger charge is -2.30. The number of alkyl carbamates (subject to hydrolysis) is 1. The molecule has 200 valence electrons. The number of unbranched alkanes of at least 4 members (excludes halogenated alkanes) is 1. The summed E-state index contributed by atoms with van der Waals surface area (Å²) < 4.78 is 11.0. The Morgan fingerprint density at radius 2 is 1.54 bits per heavy atom. The zero-order chi connectivity index (χ0) is 27.2. The summed E-state index contributed by atoms with van der Waals surface area (Å²) >= 11 is 0. The number of rotatable bonds is 10. The minimum atomic E-state index is -1.12. The third-order valence-electron chi connectivity index (χ3n) is 6.33. The lowest BCUT2D eigenvalue weighted by atomic mass is 9.98. The molecule has 0 heterocycles. The van der Waals surface area contributed by atoms with Crippen LogP contribution in [0, 0.1) is 0 Å². The van der Waals surface area contributed by atoms with Gasteiger partial charge < -0.3 is 24.8 Å². The average Bonchev–Trinajstić information content (AvgIpc) is 3.14. The molecule has 1 aliphatic rings. The third kappa shape index (κ3) is 7.47. The van der Waals surface area contributed by atoms with Crippen molar-refractivity contribution in [1.29, 1.82) is 0 Å². The number of nitrogens with zero attached hydrogens (tertiary/aromatic N) is 1. The van der Waals surface area contributed by atoms with E-state index in [9.17, 15) is 19.5 Å². The first kappa shape index (κ1) is 28.0. The molecule has 37 heavy (non-hydrogen) atoms. The van der Waals surface area contributed by atoms with Gasteiger partial charge in [-0.25, -0.2) is 14.4 Å². The molecule has 0 saturated carbocycles. The van der Waals surface area contributed by atoms with Crippen LogP contribution >= 0.6 is 0 Å². The van der Waals surface area contributed by atoms with Crippen molar-refractivity contribution < 1.29 is 29.0 Å². The van der Waals surface area contributed by atoms with Crippen molar-refractivity contribution >= 4 is 18.2 Å². The van der Waals surface area contributed by atoms with Gasteiger partial charge in [-0.15, -0.1) is 0 Å². The van der Waals surface area contributed by atoms with E-state index in [1.807, 2.05) is 71.0 Å². The number of amides is 2. The molecule has 2 aromatic carbocycles. The van der Waals surface area contributed by atoms with Crippen LogP contribution in [0.4, 0.5) is 9.59 Å². The number of hydrogen-bond donors (Lipinski definition) is 2. The van der Waals surface area contributed by atoms with E-state index in [2.05, 4.69) is 17.4 Å². The van der Waals surface area contributed by atoms with E-state index in [0.717, 1.165) is 22.3 Å². The van der Waals surface area contributed by atoms with Crippen LogP contribution in [-0.2, 0) is 14.3 Å². The Labute approximate surface area is 219 Å². The van der Waals surface area contributed by atoms with Gasteiger partial charge in [-0.05, 0) is 76.1 Å². The summed E-state index contributed by atoms with van der Waals surface area (Å²) in [5.74, 6) is -1.22. The molecule has 1 atom stereocenters. The molecule has 2 N–H and O–H groups in total. The molecule has 0 fully saturated rings. The van der Waals surface area contributed by atoms with E-state index in [1.165, 1.54) is 0 Å². The highest BCUT2D eigenvalue weighted by Gasteiger charge is 2.30. The Morgan fingerprint density at radius 3 is 2.05 bits per heavy atom. The van der Waals surface area contributed by atoms with E-state index in [1.54, 1.807) is 4.90 Å². The highest BCUT2D eigenvalue weighted by molar-refractivity contribution is 5.81. The molecule has 2 amide bonds. The molecule has 0 radical (unpaired) electrons. The van der Waals surface area contributed by atoms with Crippen molar-refractivity contribution in [2.24, 2.45) is 0 Å². The zero-order valence-corrected chi connectivity index (χ0v) is 22.3. The SMILES string of the molecule is CC(C)N(CCCCC(NC(=O)OCC1c2ccccc2-c2ccccc21)C(=O)O)C(=O)OC(C)(C)C. The van der Waals surface area contributed by atoms with Crippen LogP contribution in [0.25, 0.3) is 11.1 Å². The Bertz CT molecular complexity index is 1060. The molecular weight excluding hydrogens is 472 g/mol. The monoisotopic (exact) mass is 510 g/mol. The quantitative estimate of drug-likeness (QED) is 0.392. The number of carboxylic acid groups (broad SMARTS) is 1. The molecule has 1 unspecified atom stereocenters. The van der Waals surface area contributed by atoms with Crippen molar-refractivity contribution in [3.05, 3.63) is 59.7 Å². The minimum Gasteiger partial charge on any atom is -0.480 e. The van der Waals surface area contributed by atoms with Gasteiger partial charge in [0.25, 0.3) is 0 Å². The Balaban J connectivity index is 1.50. The number of carbonyl (C=O) groups is 3. The van der Waals surface area contributed by atoms with Crippen molar-refractivity contribution in [3.8, 4) is 11.1 Å². The molecule has 0 saturated heterocycles. The van der Waals surface area contributed by atoms with Crippen molar-refractivity contribution in [2.75, 3.05) is 13.2 Å². The molecule has 0 aromatic heterocycles. The smallest absolute Gasteiger partial charge is 0.410 e. The predicted octanol–water partition coefficient (Wildman–Crippen LogP) is 5.79. The van der Waals surface area contributed by atoms with Crippen LogP contribution in [0.3, 0.4) is 0 Å². The number of benzene rings is 2. The van der Waals surface area contributed by atoms with Crippen LogP contribution in [0.15, 0.2) is 48.5 Å². The third-order valence-corrected chi connectivity index (χ3v) is 6.33. The first-order chi connectivity index (χ1) is 17.5. The number of aliphatic carboxylic acids is 1. The Hall–Kier alpha value is -3.55. The van der Waals surface area contributed by atoms with E-state index >= 15 is 0 Å². The molecule has 2 aromatic rings. The number of fused-ring (bicyclic) bond motifs is 3. The average molecular weight is 511 g/mol. The summed E-state index contributed by atoms with van der Waals surface area (Å²) in [6, 6.07) is 14.9. The number of carboxylic acids is 1. The number of nitrogens with one attached hydrogen (secondary N) is 1. The number of ether oxygens (including phenoxy) is 2. The Morgan fingerprint density at radius 1 is 0.973 bits per heavy atom. The van der Waals surface area contributed by atoms with E-state index < -0.39 is 29.8 Å². The first-order valence-corrected chi connectivity index (χ1v) is 12.8. The molecule has 1 aliphatic carbocycles. The van der Waals surface area contributed by atoms with Crippen LogP contribution in [0.2, 0.25) is 0 Å². The van der Waals surface area contributed by atoms with Crippen molar-refractivity contribution in [1.82, 2.24) is 10.2 Å². The van der Waals surface area contributed by atoms with Gasteiger partial charge in [0.2, 0.25) is 0 Å². The second kappa shape index (κ2) is 12.1. The molecule has 0 spiro atoms. The van der Waals surface area contributed by atoms with Gasteiger partial charge in [-0.3, -0.25) is 0 Å². The van der Waals surface area contributed by atoms with Gasteiger partial charge in [0.1, 0.15) is 18.2 Å². The van der Waals surface area contributed by atoms with Gasteiger partial charge >= 0.3 is 18.2 Å². The molecular formula is C29H38N2O6. The zero-order valence-electron chi connectivity index (χ0n) is 22.3. The lowest BCUT2D eigenvalue weighted by molar-refractivity contribution is -0.139. The van der Waals surface area contributed by atoms with E-state index in [4.69, 9.17) is 9.47 Å². The molecule has 0 aliphatic heterocycles. The predicted molar refractivity (Wildman–Crippen MR) is 142 cm³/mol. The summed E-state index contributed by atoms with van der Waals surface area (Å²) in [6.45, 7) is 9.81.